The molecule has 0 radical (unpaired) electrons. The molecule has 1 heterocycles. The summed E-state index contributed by atoms with van der Waals surface area (Å²) < 4.78 is 0. The van der Waals surface area contributed by atoms with E-state index in [0.29, 0.717) is 6.54 Å². The Labute approximate surface area is 187 Å². The maximum atomic E-state index is 13.8. The summed E-state index contributed by atoms with van der Waals surface area (Å²) in [5.41, 5.74) is 0. The van der Waals surface area contributed by atoms with Gasteiger partial charge in [-0.2, -0.15) is 0 Å². The maximum Gasteiger partial charge on any atom is 0.243 e. The molecule has 0 aromatic carbocycles. The van der Waals surface area contributed by atoms with Crippen LogP contribution in [0.2, 0.25) is 0 Å². The highest BCUT2D eigenvalue weighted by atomic mass is 16.3. The van der Waals surface area contributed by atoms with Crippen LogP contribution in [-0.4, -0.2) is 60.0 Å². The second-order valence-electron chi connectivity index (χ2n) is 9.05. The predicted molar refractivity (Wildman–Crippen MR) is 121 cm³/mol. The van der Waals surface area contributed by atoms with Crippen LogP contribution in [0.25, 0.3) is 0 Å². The molecule has 0 aromatic rings. The molecule has 2 rings (SSSR count). The number of hydrogen-bond acceptors (Lipinski definition) is 4. The van der Waals surface area contributed by atoms with Gasteiger partial charge in [0.25, 0.3) is 0 Å². The number of fused-ring (bicyclic) bond motifs is 1. The molecule has 0 spiro atoms. The van der Waals surface area contributed by atoms with Crippen LogP contribution >= 0.6 is 0 Å². The van der Waals surface area contributed by atoms with Crippen molar-refractivity contribution < 1.29 is 19.5 Å². The van der Waals surface area contributed by atoms with E-state index in [-0.39, 0.29) is 42.1 Å². The number of aliphatic hydroxyl groups is 1. The van der Waals surface area contributed by atoms with E-state index in [1.165, 1.54) is 0 Å². The first-order valence-electron chi connectivity index (χ1n) is 12.0. The molecular weight excluding hydrogens is 394 g/mol. The van der Waals surface area contributed by atoms with Crippen LogP contribution in [0.15, 0.2) is 12.2 Å². The maximum absolute atomic E-state index is 13.8. The standard InChI is InChI=1S/C24H41N3O4/c1-6-9-13-26-23(30)21-17-12-11-16(10-7-2)19(22(29)25-5)20(17)24(31)27(21)18(14-28)15(4)8-3/h11-12,15-21,28H,6-10,13-14H2,1-5H3,(H,25,29)(H,26,30)/t15-,16+,17-,18-,19+,20-,21-/m0/s1. The number of rotatable bonds is 11. The number of allylic oxidation sites excluding steroid dienone is 1. The van der Waals surface area contributed by atoms with E-state index in [0.717, 1.165) is 32.1 Å². The molecule has 176 valence electrons. The van der Waals surface area contributed by atoms with E-state index in [9.17, 15) is 19.5 Å². The minimum absolute atomic E-state index is 0.0323. The Balaban J connectivity index is 2.51. The van der Waals surface area contributed by atoms with Crippen molar-refractivity contribution in [3.05, 3.63) is 12.2 Å². The van der Waals surface area contributed by atoms with Gasteiger partial charge in [-0.25, -0.2) is 0 Å². The molecule has 3 amide bonds. The SMILES string of the molecule is CCCCNC(=O)[C@@H]1[C@H]2C=C[C@@H](CCC)[C@@H](C(=O)NC)[C@H]2C(=O)N1[C@@H](CO)[C@@H](C)CC. The number of hydrogen-bond donors (Lipinski definition) is 3. The van der Waals surface area contributed by atoms with Crippen molar-refractivity contribution in [3.8, 4) is 0 Å². The average Bonchev–Trinajstić information content (AvgIpc) is 3.06. The van der Waals surface area contributed by atoms with Crippen LogP contribution in [0, 0.1) is 29.6 Å². The number of carbonyl (C=O) groups excluding carboxylic acids is 3. The molecule has 7 heteroatoms. The molecule has 1 aliphatic heterocycles. The summed E-state index contributed by atoms with van der Waals surface area (Å²) in [6.07, 6.45) is 8.34. The molecule has 3 N–H and O–H groups in total. The Bertz CT molecular complexity index is 665. The summed E-state index contributed by atoms with van der Waals surface area (Å²) in [7, 11) is 1.60. The Morgan fingerprint density at radius 3 is 2.42 bits per heavy atom. The third-order valence-corrected chi connectivity index (χ3v) is 7.16. The van der Waals surface area contributed by atoms with Crippen molar-refractivity contribution in [3.63, 3.8) is 0 Å². The van der Waals surface area contributed by atoms with Gasteiger partial charge in [0.1, 0.15) is 6.04 Å². The lowest BCUT2D eigenvalue weighted by Gasteiger charge is -2.36. The van der Waals surface area contributed by atoms with E-state index >= 15 is 0 Å². The van der Waals surface area contributed by atoms with Crippen molar-refractivity contribution in [2.75, 3.05) is 20.2 Å². The van der Waals surface area contributed by atoms with Gasteiger partial charge in [-0.3, -0.25) is 14.4 Å². The molecule has 7 nitrogen and oxygen atoms in total. The third-order valence-electron chi connectivity index (χ3n) is 7.16. The average molecular weight is 436 g/mol. The van der Waals surface area contributed by atoms with Gasteiger partial charge in [0.05, 0.1) is 24.5 Å². The molecule has 7 atom stereocenters. The molecule has 31 heavy (non-hydrogen) atoms. The van der Waals surface area contributed by atoms with E-state index in [4.69, 9.17) is 0 Å². The molecule has 2 aliphatic rings. The zero-order valence-electron chi connectivity index (χ0n) is 19.8. The number of likely N-dealkylation sites (tertiary alicyclic amines) is 1. The van der Waals surface area contributed by atoms with E-state index < -0.39 is 23.9 Å². The highest BCUT2D eigenvalue weighted by Gasteiger charge is 2.58. The van der Waals surface area contributed by atoms with Crippen LogP contribution in [-0.2, 0) is 14.4 Å². The molecule has 0 unspecified atom stereocenters. The van der Waals surface area contributed by atoms with Gasteiger partial charge in [0.15, 0.2) is 0 Å². The largest absolute Gasteiger partial charge is 0.394 e. The van der Waals surface area contributed by atoms with Crippen LogP contribution in [0.1, 0.15) is 59.8 Å². The highest BCUT2D eigenvalue weighted by molar-refractivity contribution is 5.97. The van der Waals surface area contributed by atoms with Gasteiger partial charge >= 0.3 is 0 Å². The zero-order chi connectivity index (χ0) is 23.1. The number of unbranched alkanes of at least 4 members (excludes halogenated alkanes) is 1. The minimum Gasteiger partial charge on any atom is -0.394 e. The van der Waals surface area contributed by atoms with Crippen LogP contribution < -0.4 is 10.6 Å². The van der Waals surface area contributed by atoms with E-state index in [1.807, 2.05) is 26.0 Å². The lowest BCUT2D eigenvalue weighted by atomic mass is 9.68. The summed E-state index contributed by atoms with van der Waals surface area (Å²) in [4.78, 5) is 41.6. The number of nitrogens with one attached hydrogen (secondary N) is 2. The fourth-order valence-corrected chi connectivity index (χ4v) is 5.24. The quantitative estimate of drug-likeness (QED) is 0.342. The van der Waals surface area contributed by atoms with Gasteiger partial charge in [-0.15, -0.1) is 0 Å². The summed E-state index contributed by atoms with van der Waals surface area (Å²) >= 11 is 0. The van der Waals surface area contributed by atoms with Crippen molar-refractivity contribution in [1.29, 1.82) is 0 Å². The Kier molecular flexibility index (Phi) is 9.54. The summed E-state index contributed by atoms with van der Waals surface area (Å²) in [6, 6.07) is -1.15. The normalized spacial score (nSPS) is 29.4. The van der Waals surface area contributed by atoms with Crippen LogP contribution in [0.5, 0.6) is 0 Å². The van der Waals surface area contributed by atoms with Crippen LogP contribution in [0.3, 0.4) is 0 Å². The molecule has 0 saturated carbocycles. The molecule has 0 aromatic heterocycles. The second kappa shape index (κ2) is 11.7. The Hall–Kier alpha value is -1.89. The topological polar surface area (TPSA) is 98.7 Å². The van der Waals surface area contributed by atoms with Gasteiger partial charge in [-0.1, -0.05) is 59.1 Å². The second-order valence-corrected chi connectivity index (χ2v) is 9.05. The molecular formula is C24H41N3O4. The van der Waals surface area contributed by atoms with E-state index in [2.05, 4.69) is 24.5 Å². The van der Waals surface area contributed by atoms with Crippen molar-refractivity contribution >= 4 is 17.7 Å². The van der Waals surface area contributed by atoms with Gasteiger partial charge in [0, 0.05) is 19.5 Å². The fourth-order valence-electron chi connectivity index (χ4n) is 5.24. The summed E-state index contributed by atoms with van der Waals surface area (Å²) in [5.74, 6) is -1.97. The number of nitrogens with zero attached hydrogens (tertiary/aromatic N) is 1. The van der Waals surface area contributed by atoms with Crippen molar-refractivity contribution in [2.24, 2.45) is 29.6 Å². The smallest absolute Gasteiger partial charge is 0.243 e. The fraction of sp³-hybridized carbons (Fsp3) is 0.792. The lowest BCUT2D eigenvalue weighted by molar-refractivity contribution is -0.144. The first-order chi connectivity index (χ1) is 14.9. The molecule has 1 fully saturated rings. The first kappa shape index (κ1) is 25.4. The molecule has 1 saturated heterocycles. The molecule has 1 aliphatic carbocycles. The number of carbonyl (C=O) groups is 3. The monoisotopic (exact) mass is 435 g/mol. The minimum atomic E-state index is -0.702. The first-order valence-corrected chi connectivity index (χ1v) is 12.0. The van der Waals surface area contributed by atoms with Gasteiger partial charge in [-0.05, 0) is 24.7 Å². The van der Waals surface area contributed by atoms with Crippen molar-refractivity contribution in [1.82, 2.24) is 15.5 Å². The molecule has 0 bridgehead atoms. The summed E-state index contributed by atoms with van der Waals surface area (Å²) in [5, 5.41) is 15.9. The number of amides is 3. The third kappa shape index (κ3) is 5.13. The van der Waals surface area contributed by atoms with Gasteiger partial charge < -0.3 is 20.6 Å². The summed E-state index contributed by atoms with van der Waals surface area (Å²) in [6.45, 7) is 8.49. The van der Waals surface area contributed by atoms with Crippen LogP contribution in [0.4, 0.5) is 0 Å². The lowest BCUT2D eigenvalue weighted by Crippen LogP contribution is -2.54. The number of aliphatic hydroxyl groups excluding tert-OH is 1. The zero-order valence-corrected chi connectivity index (χ0v) is 19.8. The van der Waals surface area contributed by atoms with Crippen molar-refractivity contribution in [2.45, 2.75) is 71.9 Å². The van der Waals surface area contributed by atoms with E-state index in [1.54, 1.807) is 11.9 Å². The highest BCUT2D eigenvalue weighted by Crippen LogP contribution is 2.46. The Morgan fingerprint density at radius 1 is 1.16 bits per heavy atom. The van der Waals surface area contributed by atoms with Gasteiger partial charge in [0.2, 0.25) is 17.7 Å². The Morgan fingerprint density at radius 2 is 1.87 bits per heavy atom. The predicted octanol–water partition coefficient (Wildman–Crippen LogP) is 2.10.